The van der Waals surface area contributed by atoms with E-state index >= 15 is 0 Å². The number of aryl methyl sites for hydroxylation is 2. The number of aromatic nitrogens is 2. The fourth-order valence-electron chi connectivity index (χ4n) is 2.20. The molecule has 0 saturated heterocycles. The molecule has 0 radical (unpaired) electrons. The normalized spacial score (nSPS) is 11.3. The molecular weight excluding hydrogens is 229 g/mol. The zero-order valence-corrected chi connectivity index (χ0v) is 11.0. The molecule has 1 heterocycles. The molecule has 0 aliphatic carbocycles. The molecule has 1 aromatic heterocycles. The van der Waals surface area contributed by atoms with Crippen LogP contribution in [0.15, 0.2) is 12.1 Å². The van der Waals surface area contributed by atoms with Crippen LogP contribution in [0.4, 0.5) is 10.3 Å². The Morgan fingerprint density at radius 1 is 1.28 bits per heavy atom. The Morgan fingerprint density at radius 2 is 2.06 bits per heavy atom. The molecule has 2 aromatic rings. The largest absolute Gasteiger partial charge is 0.369 e. The highest BCUT2D eigenvalue weighted by Gasteiger charge is 2.10. The van der Waals surface area contributed by atoms with E-state index in [1.165, 1.54) is 25.3 Å². The molecule has 98 valence electrons. The summed E-state index contributed by atoms with van der Waals surface area (Å²) in [4.78, 5) is 4.21. The van der Waals surface area contributed by atoms with Gasteiger partial charge in [-0.05, 0) is 25.0 Å². The van der Waals surface area contributed by atoms with Crippen LogP contribution in [0.25, 0.3) is 11.0 Å². The van der Waals surface area contributed by atoms with Gasteiger partial charge in [0.1, 0.15) is 5.82 Å². The number of imidazole rings is 1. The molecule has 18 heavy (non-hydrogen) atoms. The van der Waals surface area contributed by atoms with Gasteiger partial charge in [-0.1, -0.05) is 26.2 Å². The third kappa shape index (κ3) is 2.47. The van der Waals surface area contributed by atoms with Gasteiger partial charge in [-0.15, -0.1) is 0 Å². The van der Waals surface area contributed by atoms with Crippen molar-refractivity contribution in [3.8, 4) is 0 Å². The molecule has 0 unspecified atom stereocenters. The Hall–Kier alpha value is -1.58. The number of anilines is 1. The average Bonchev–Trinajstić information content (AvgIpc) is 2.62. The van der Waals surface area contributed by atoms with E-state index in [4.69, 9.17) is 5.73 Å². The second-order valence-corrected chi connectivity index (χ2v) is 4.77. The molecule has 3 nitrogen and oxygen atoms in total. The molecule has 0 atom stereocenters. The molecule has 2 N–H and O–H groups in total. The SMILES string of the molecule is CCCCCCn1c(N)nc2cc(F)c(C)cc21. The molecule has 0 aliphatic heterocycles. The standard InChI is InChI=1S/C14H20FN3/c1-3-4-5-6-7-18-13-8-10(2)11(15)9-12(13)17-14(18)16/h8-9H,3-7H2,1-2H3,(H2,16,17). The van der Waals surface area contributed by atoms with Crippen LogP contribution in [0.5, 0.6) is 0 Å². The molecule has 0 fully saturated rings. The van der Waals surface area contributed by atoms with Crippen molar-refractivity contribution in [1.82, 2.24) is 9.55 Å². The van der Waals surface area contributed by atoms with Crippen molar-refractivity contribution in [3.63, 3.8) is 0 Å². The summed E-state index contributed by atoms with van der Waals surface area (Å²) in [5, 5.41) is 0. The first-order valence-electron chi connectivity index (χ1n) is 6.55. The Bertz CT molecular complexity index is 545. The predicted molar refractivity (Wildman–Crippen MR) is 73.0 cm³/mol. The van der Waals surface area contributed by atoms with Crippen molar-refractivity contribution in [2.75, 3.05) is 5.73 Å². The molecule has 0 amide bonds. The second-order valence-electron chi connectivity index (χ2n) is 4.77. The van der Waals surface area contributed by atoms with Crippen LogP contribution in [-0.2, 0) is 6.54 Å². The number of hydrogen-bond acceptors (Lipinski definition) is 2. The van der Waals surface area contributed by atoms with Crippen LogP contribution in [-0.4, -0.2) is 9.55 Å². The van der Waals surface area contributed by atoms with E-state index in [0.29, 0.717) is 17.0 Å². The molecule has 1 aromatic carbocycles. The van der Waals surface area contributed by atoms with Crippen LogP contribution >= 0.6 is 0 Å². The summed E-state index contributed by atoms with van der Waals surface area (Å²) in [6.07, 6.45) is 4.72. The van der Waals surface area contributed by atoms with E-state index in [1.54, 1.807) is 6.92 Å². The van der Waals surface area contributed by atoms with Crippen LogP contribution in [0, 0.1) is 12.7 Å². The maximum atomic E-state index is 13.5. The van der Waals surface area contributed by atoms with Gasteiger partial charge >= 0.3 is 0 Å². The smallest absolute Gasteiger partial charge is 0.201 e. The Labute approximate surface area is 107 Å². The summed E-state index contributed by atoms with van der Waals surface area (Å²) in [6, 6.07) is 3.29. The van der Waals surface area contributed by atoms with E-state index in [0.717, 1.165) is 18.5 Å². The van der Waals surface area contributed by atoms with E-state index in [1.807, 2.05) is 10.6 Å². The summed E-state index contributed by atoms with van der Waals surface area (Å²) in [5.74, 6) is 0.254. The lowest BCUT2D eigenvalue weighted by Crippen LogP contribution is -2.03. The van der Waals surface area contributed by atoms with Crippen molar-refractivity contribution >= 4 is 17.0 Å². The minimum atomic E-state index is -0.224. The summed E-state index contributed by atoms with van der Waals surface area (Å²) in [7, 11) is 0. The zero-order valence-electron chi connectivity index (χ0n) is 11.0. The highest BCUT2D eigenvalue weighted by Crippen LogP contribution is 2.22. The Morgan fingerprint density at radius 3 is 2.78 bits per heavy atom. The predicted octanol–water partition coefficient (Wildman–Crippen LogP) is 3.65. The lowest BCUT2D eigenvalue weighted by molar-refractivity contribution is 0.595. The van der Waals surface area contributed by atoms with Gasteiger partial charge in [-0.25, -0.2) is 9.37 Å². The van der Waals surface area contributed by atoms with Gasteiger partial charge in [0.05, 0.1) is 11.0 Å². The maximum Gasteiger partial charge on any atom is 0.201 e. The van der Waals surface area contributed by atoms with Crippen molar-refractivity contribution in [2.45, 2.75) is 46.1 Å². The maximum absolute atomic E-state index is 13.5. The first-order chi connectivity index (χ1) is 8.63. The van der Waals surface area contributed by atoms with E-state index in [2.05, 4.69) is 11.9 Å². The van der Waals surface area contributed by atoms with Gasteiger partial charge in [0.25, 0.3) is 0 Å². The van der Waals surface area contributed by atoms with E-state index < -0.39 is 0 Å². The lowest BCUT2D eigenvalue weighted by Gasteiger charge is -2.06. The van der Waals surface area contributed by atoms with Crippen molar-refractivity contribution < 1.29 is 4.39 Å². The van der Waals surface area contributed by atoms with Gasteiger partial charge in [-0.3, -0.25) is 0 Å². The van der Waals surface area contributed by atoms with Gasteiger partial charge in [-0.2, -0.15) is 0 Å². The quantitative estimate of drug-likeness (QED) is 0.822. The first-order valence-corrected chi connectivity index (χ1v) is 6.55. The van der Waals surface area contributed by atoms with Crippen LogP contribution < -0.4 is 5.73 Å². The van der Waals surface area contributed by atoms with E-state index in [-0.39, 0.29) is 5.82 Å². The summed E-state index contributed by atoms with van der Waals surface area (Å²) < 4.78 is 15.4. The first kappa shape index (κ1) is 12.9. The number of rotatable bonds is 5. The molecule has 0 saturated carbocycles. The summed E-state index contributed by atoms with van der Waals surface area (Å²) in [5.41, 5.74) is 8.11. The minimum absolute atomic E-state index is 0.224. The van der Waals surface area contributed by atoms with Crippen LogP contribution in [0.2, 0.25) is 0 Å². The number of nitrogens with two attached hydrogens (primary N) is 1. The van der Waals surface area contributed by atoms with Gasteiger partial charge in [0.2, 0.25) is 5.95 Å². The molecule has 0 spiro atoms. The van der Waals surface area contributed by atoms with Crippen molar-refractivity contribution in [1.29, 1.82) is 0 Å². The lowest BCUT2D eigenvalue weighted by atomic mass is 10.2. The molecule has 0 bridgehead atoms. The fourth-order valence-corrected chi connectivity index (χ4v) is 2.20. The molecular formula is C14H20FN3. The number of nitrogen functional groups attached to an aromatic ring is 1. The minimum Gasteiger partial charge on any atom is -0.369 e. The van der Waals surface area contributed by atoms with Gasteiger partial charge < -0.3 is 10.3 Å². The van der Waals surface area contributed by atoms with Gasteiger partial charge in [0, 0.05) is 12.6 Å². The monoisotopic (exact) mass is 249 g/mol. The van der Waals surface area contributed by atoms with Gasteiger partial charge in [0.15, 0.2) is 0 Å². The number of benzene rings is 1. The summed E-state index contributed by atoms with van der Waals surface area (Å²) in [6.45, 7) is 4.81. The van der Waals surface area contributed by atoms with Crippen molar-refractivity contribution in [2.24, 2.45) is 0 Å². The number of halogens is 1. The van der Waals surface area contributed by atoms with Crippen LogP contribution in [0.3, 0.4) is 0 Å². The van der Waals surface area contributed by atoms with Crippen molar-refractivity contribution in [3.05, 3.63) is 23.5 Å². The fraction of sp³-hybridized carbons (Fsp3) is 0.500. The highest BCUT2D eigenvalue weighted by molar-refractivity contribution is 5.79. The van der Waals surface area contributed by atoms with E-state index in [9.17, 15) is 4.39 Å². The highest BCUT2D eigenvalue weighted by atomic mass is 19.1. The topological polar surface area (TPSA) is 43.8 Å². The zero-order chi connectivity index (χ0) is 13.1. The second kappa shape index (κ2) is 5.38. The Kier molecular flexibility index (Phi) is 3.84. The number of unbranched alkanes of at least 4 members (excludes halogenated alkanes) is 3. The molecule has 4 heteroatoms. The summed E-state index contributed by atoms with van der Waals surface area (Å²) >= 11 is 0. The Balaban J connectivity index is 2.26. The molecule has 2 rings (SSSR count). The van der Waals surface area contributed by atoms with Crippen LogP contribution in [0.1, 0.15) is 38.2 Å². The average molecular weight is 249 g/mol. The third-order valence-corrected chi connectivity index (χ3v) is 3.29. The number of hydrogen-bond donors (Lipinski definition) is 1. The molecule has 0 aliphatic rings. The number of nitrogens with zero attached hydrogens (tertiary/aromatic N) is 2. The number of fused-ring (bicyclic) bond motifs is 1. The third-order valence-electron chi connectivity index (χ3n) is 3.29.